The first-order valence-corrected chi connectivity index (χ1v) is 6.26. The van der Waals surface area contributed by atoms with Crippen LogP contribution in [0.2, 0.25) is 0 Å². The monoisotopic (exact) mass is 243 g/mol. The summed E-state index contributed by atoms with van der Waals surface area (Å²) in [4.78, 5) is 0. The number of nitrogens with zero attached hydrogens (tertiary/aromatic N) is 1. The van der Waals surface area contributed by atoms with E-state index < -0.39 is 0 Å². The second-order valence-corrected chi connectivity index (χ2v) is 4.71. The van der Waals surface area contributed by atoms with Crippen molar-refractivity contribution in [2.24, 2.45) is 0 Å². The van der Waals surface area contributed by atoms with Crippen LogP contribution in [-0.4, -0.2) is 23.3 Å². The first kappa shape index (κ1) is 11.1. The first-order chi connectivity index (χ1) is 8.85. The SMILES string of the molecule is COc1ccc2c(c1)CC(Nc1cn[nH]c1)CC2. The average molecular weight is 243 g/mol. The molecule has 0 saturated heterocycles. The van der Waals surface area contributed by atoms with Crippen molar-refractivity contribution in [1.29, 1.82) is 0 Å². The molecule has 18 heavy (non-hydrogen) atoms. The average Bonchev–Trinajstić information content (AvgIpc) is 2.90. The highest BCUT2D eigenvalue weighted by Gasteiger charge is 2.19. The molecule has 0 bridgehead atoms. The quantitative estimate of drug-likeness (QED) is 0.870. The minimum atomic E-state index is 0.474. The molecule has 0 aliphatic heterocycles. The summed E-state index contributed by atoms with van der Waals surface area (Å²) >= 11 is 0. The summed E-state index contributed by atoms with van der Waals surface area (Å²) in [5, 5.41) is 10.3. The Morgan fingerprint density at radius 2 is 2.33 bits per heavy atom. The van der Waals surface area contributed by atoms with E-state index in [0.717, 1.165) is 30.7 Å². The predicted octanol–water partition coefficient (Wildman–Crippen LogP) is 2.39. The van der Waals surface area contributed by atoms with E-state index in [1.165, 1.54) is 11.1 Å². The fourth-order valence-corrected chi connectivity index (χ4v) is 2.55. The topological polar surface area (TPSA) is 49.9 Å². The molecule has 4 nitrogen and oxygen atoms in total. The lowest BCUT2D eigenvalue weighted by Crippen LogP contribution is -2.27. The molecule has 0 saturated carbocycles. The maximum atomic E-state index is 5.29. The van der Waals surface area contributed by atoms with Gasteiger partial charge in [0.25, 0.3) is 0 Å². The zero-order valence-electron chi connectivity index (χ0n) is 10.4. The van der Waals surface area contributed by atoms with Crippen molar-refractivity contribution in [3.05, 3.63) is 41.7 Å². The number of anilines is 1. The van der Waals surface area contributed by atoms with Crippen LogP contribution in [0.15, 0.2) is 30.6 Å². The van der Waals surface area contributed by atoms with Gasteiger partial charge in [-0.15, -0.1) is 0 Å². The molecular formula is C14H17N3O. The van der Waals surface area contributed by atoms with Gasteiger partial charge in [0, 0.05) is 12.2 Å². The number of aryl methyl sites for hydroxylation is 1. The summed E-state index contributed by atoms with van der Waals surface area (Å²) in [6, 6.07) is 6.85. The molecule has 0 fully saturated rings. The van der Waals surface area contributed by atoms with Crippen LogP contribution in [0, 0.1) is 0 Å². The molecule has 2 aromatic rings. The van der Waals surface area contributed by atoms with Crippen molar-refractivity contribution >= 4 is 5.69 Å². The number of hydrogen-bond donors (Lipinski definition) is 2. The lowest BCUT2D eigenvalue weighted by atomic mass is 9.88. The zero-order valence-corrected chi connectivity index (χ0v) is 10.4. The molecule has 0 amide bonds. The molecule has 2 N–H and O–H groups in total. The maximum Gasteiger partial charge on any atom is 0.119 e. The molecule has 1 aliphatic carbocycles. The standard InChI is InChI=1S/C14H17N3O/c1-18-14-5-3-10-2-4-12(6-11(10)7-14)17-13-8-15-16-9-13/h3,5,7-9,12,17H,2,4,6H2,1H3,(H,15,16). The van der Waals surface area contributed by atoms with Crippen molar-refractivity contribution in [2.75, 3.05) is 12.4 Å². The molecular weight excluding hydrogens is 226 g/mol. The Kier molecular flexibility index (Phi) is 2.92. The zero-order chi connectivity index (χ0) is 12.4. The lowest BCUT2D eigenvalue weighted by Gasteiger charge is -2.26. The number of nitrogens with one attached hydrogen (secondary N) is 2. The molecule has 1 atom stereocenters. The summed E-state index contributed by atoms with van der Waals surface area (Å²) in [6.07, 6.45) is 7.03. The minimum Gasteiger partial charge on any atom is -0.497 e. The molecule has 1 aromatic heterocycles. The third-order valence-corrected chi connectivity index (χ3v) is 3.51. The number of aromatic amines is 1. The van der Waals surface area contributed by atoms with Gasteiger partial charge in [-0.3, -0.25) is 5.10 Å². The summed E-state index contributed by atoms with van der Waals surface area (Å²) in [5.74, 6) is 0.942. The van der Waals surface area contributed by atoms with Crippen LogP contribution in [0.5, 0.6) is 5.75 Å². The Bertz CT molecular complexity index is 522. The number of H-pyrrole nitrogens is 1. The Labute approximate surface area is 106 Å². The van der Waals surface area contributed by atoms with E-state index in [-0.39, 0.29) is 0 Å². The van der Waals surface area contributed by atoms with Crippen LogP contribution in [0.1, 0.15) is 17.5 Å². The smallest absolute Gasteiger partial charge is 0.119 e. The Morgan fingerprint density at radius 3 is 3.11 bits per heavy atom. The van der Waals surface area contributed by atoms with Gasteiger partial charge in [-0.25, -0.2) is 0 Å². The molecule has 0 spiro atoms. The minimum absolute atomic E-state index is 0.474. The van der Waals surface area contributed by atoms with E-state index in [9.17, 15) is 0 Å². The fraction of sp³-hybridized carbons (Fsp3) is 0.357. The maximum absolute atomic E-state index is 5.29. The molecule has 1 aliphatic rings. The number of rotatable bonds is 3. The van der Waals surface area contributed by atoms with Gasteiger partial charge < -0.3 is 10.1 Å². The Morgan fingerprint density at radius 1 is 1.39 bits per heavy atom. The molecule has 1 unspecified atom stereocenters. The van der Waals surface area contributed by atoms with Gasteiger partial charge in [-0.1, -0.05) is 6.07 Å². The molecule has 0 radical (unpaired) electrons. The van der Waals surface area contributed by atoms with Crippen molar-refractivity contribution in [3.63, 3.8) is 0 Å². The van der Waals surface area contributed by atoms with Crippen LogP contribution in [0.25, 0.3) is 0 Å². The van der Waals surface area contributed by atoms with E-state index in [1.54, 1.807) is 7.11 Å². The van der Waals surface area contributed by atoms with Crippen LogP contribution < -0.4 is 10.1 Å². The summed E-state index contributed by atoms with van der Waals surface area (Å²) < 4.78 is 5.29. The van der Waals surface area contributed by atoms with Crippen molar-refractivity contribution in [2.45, 2.75) is 25.3 Å². The van der Waals surface area contributed by atoms with Crippen molar-refractivity contribution in [1.82, 2.24) is 10.2 Å². The van der Waals surface area contributed by atoms with Crippen LogP contribution in [0.3, 0.4) is 0 Å². The lowest BCUT2D eigenvalue weighted by molar-refractivity contribution is 0.413. The van der Waals surface area contributed by atoms with E-state index in [1.807, 2.05) is 18.5 Å². The highest BCUT2D eigenvalue weighted by Crippen LogP contribution is 2.26. The van der Waals surface area contributed by atoms with Crippen LogP contribution in [0.4, 0.5) is 5.69 Å². The van der Waals surface area contributed by atoms with E-state index in [0.29, 0.717) is 6.04 Å². The van der Waals surface area contributed by atoms with E-state index in [2.05, 4.69) is 27.6 Å². The first-order valence-electron chi connectivity index (χ1n) is 6.26. The number of hydrogen-bond acceptors (Lipinski definition) is 3. The number of methoxy groups -OCH3 is 1. The van der Waals surface area contributed by atoms with Crippen LogP contribution >= 0.6 is 0 Å². The molecule has 1 aromatic carbocycles. The van der Waals surface area contributed by atoms with E-state index in [4.69, 9.17) is 4.74 Å². The number of fused-ring (bicyclic) bond motifs is 1. The van der Waals surface area contributed by atoms with Gasteiger partial charge in [-0.2, -0.15) is 5.10 Å². The second-order valence-electron chi connectivity index (χ2n) is 4.71. The van der Waals surface area contributed by atoms with E-state index >= 15 is 0 Å². The molecule has 4 heteroatoms. The summed E-state index contributed by atoms with van der Waals surface area (Å²) in [6.45, 7) is 0. The summed E-state index contributed by atoms with van der Waals surface area (Å²) in [5.41, 5.74) is 3.90. The third kappa shape index (κ3) is 2.18. The molecule has 1 heterocycles. The Balaban J connectivity index is 1.75. The molecule has 3 rings (SSSR count). The summed E-state index contributed by atoms with van der Waals surface area (Å²) in [7, 11) is 1.71. The number of aromatic nitrogens is 2. The normalized spacial score (nSPS) is 18.2. The van der Waals surface area contributed by atoms with Gasteiger partial charge in [0.15, 0.2) is 0 Å². The van der Waals surface area contributed by atoms with Gasteiger partial charge in [0.05, 0.1) is 19.0 Å². The Hall–Kier alpha value is -1.97. The van der Waals surface area contributed by atoms with Crippen molar-refractivity contribution < 1.29 is 4.74 Å². The predicted molar refractivity (Wildman–Crippen MR) is 71.0 cm³/mol. The fourth-order valence-electron chi connectivity index (χ4n) is 2.55. The van der Waals surface area contributed by atoms with Gasteiger partial charge >= 0.3 is 0 Å². The highest BCUT2D eigenvalue weighted by molar-refractivity contribution is 5.43. The third-order valence-electron chi connectivity index (χ3n) is 3.51. The number of ether oxygens (including phenoxy) is 1. The van der Waals surface area contributed by atoms with Gasteiger partial charge in [-0.05, 0) is 42.5 Å². The van der Waals surface area contributed by atoms with Crippen LogP contribution in [-0.2, 0) is 12.8 Å². The van der Waals surface area contributed by atoms with Crippen molar-refractivity contribution in [3.8, 4) is 5.75 Å². The molecule has 94 valence electrons. The van der Waals surface area contributed by atoms with Gasteiger partial charge in [0.1, 0.15) is 5.75 Å². The highest BCUT2D eigenvalue weighted by atomic mass is 16.5. The second kappa shape index (κ2) is 4.72. The van der Waals surface area contributed by atoms with Gasteiger partial charge in [0.2, 0.25) is 0 Å². The number of benzene rings is 1. The largest absolute Gasteiger partial charge is 0.497 e.